The van der Waals surface area contributed by atoms with Crippen LogP contribution < -0.4 is 10.6 Å². The van der Waals surface area contributed by atoms with E-state index in [4.69, 9.17) is 9.47 Å². The van der Waals surface area contributed by atoms with Crippen LogP contribution in [-0.4, -0.2) is 18.7 Å². The van der Waals surface area contributed by atoms with E-state index in [1.54, 1.807) is 17.4 Å². The van der Waals surface area contributed by atoms with Crippen LogP contribution in [-0.2, 0) is 14.3 Å². The second-order valence-corrected chi connectivity index (χ2v) is 5.33. The number of carbonyl (C=O) groups excluding carboxylic acids is 2. The number of hydrogen-bond donors (Lipinski definition) is 2. The van der Waals surface area contributed by atoms with Gasteiger partial charge >= 0.3 is 6.03 Å². The number of hydrogen-bond acceptors (Lipinski definition) is 5. The van der Waals surface area contributed by atoms with Crippen molar-refractivity contribution in [1.82, 2.24) is 5.32 Å². The fraction of sp³-hybridized carbons (Fsp3) is 0.0667. The van der Waals surface area contributed by atoms with Gasteiger partial charge in [-0.3, -0.25) is 10.1 Å². The van der Waals surface area contributed by atoms with Crippen LogP contribution in [0.3, 0.4) is 0 Å². The van der Waals surface area contributed by atoms with E-state index in [-0.39, 0.29) is 12.6 Å². The number of imide groups is 1. The Labute approximate surface area is 130 Å². The normalized spacial score (nSPS) is 12.8. The van der Waals surface area contributed by atoms with Crippen LogP contribution in [0.4, 0.5) is 10.5 Å². The Morgan fingerprint density at radius 1 is 1.18 bits per heavy atom. The molecule has 6 nitrogen and oxygen atoms in total. The van der Waals surface area contributed by atoms with Crippen LogP contribution in [0.5, 0.6) is 0 Å². The highest BCUT2D eigenvalue weighted by molar-refractivity contribution is 7.13. The van der Waals surface area contributed by atoms with E-state index < -0.39 is 11.9 Å². The topological polar surface area (TPSA) is 76.7 Å². The van der Waals surface area contributed by atoms with Crippen molar-refractivity contribution in [3.8, 4) is 10.4 Å². The van der Waals surface area contributed by atoms with Crippen LogP contribution in [0, 0.1) is 0 Å². The van der Waals surface area contributed by atoms with E-state index >= 15 is 0 Å². The number of rotatable bonds is 3. The van der Waals surface area contributed by atoms with E-state index in [0.717, 1.165) is 10.4 Å². The average molecular weight is 316 g/mol. The fourth-order valence-corrected chi connectivity index (χ4v) is 2.60. The first-order chi connectivity index (χ1) is 10.7. The van der Waals surface area contributed by atoms with E-state index in [1.807, 2.05) is 35.7 Å². The van der Waals surface area contributed by atoms with Gasteiger partial charge in [0.1, 0.15) is 6.26 Å². The molecule has 0 aliphatic carbocycles. The molecule has 0 saturated heterocycles. The summed E-state index contributed by atoms with van der Waals surface area (Å²) in [5.41, 5.74) is 1.59. The molecular formula is C15H12N2O4S. The standard InChI is InChI=1S/C15H12N2O4S/c18-14(12-8-20-9-21-12)17-15(19)16-11-4-1-3-10(7-11)13-5-2-6-22-13/h1-8H,9H2,(H2,16,17,18,19). The molecule has 0 atom stereocenters. The van der Waals surface area contributed by atoms with Gasteiger partial charge in [0.25, 0.3) is 5.91 Å². The van der Waals surface area contributed by atoms with Gasteiger partial charge in [-0.15, -0.1) is 11.3 Å². The molecule has 1 aliphatic heterocycles. The van der Waals surface area contributed by atoms with Crippen LogP contribution >= 0.6 is 11.3 Å². The lowest BCUT2D eigenvalue weighted by atomic mass is 10.1. The van der Waals surface area contributed by atoms with Crippen molar-refractivity contribution in [3.05, 3.63) is 53.8 Å². The third kappa shape index (κ3) is 3.26. The minimum Gasteiger partial charge on any atom is -0.461 e. The summed E-state index contributed by atoms with van der Waals surface area (Å²) in [4.78, 5) is 24.6. The lowest BCUT2D eigenvalue weighted by molar-refractivity contribution is -0.119. The minimum atomic E-state index is -0.649. The molecule has 2 N–H and O–H groups in total. The smallest absolute Gasteiger partial charge is 0.326 e. The summed E-state index contributed by atoms with van der Waals surface area (Å²) in [6, 6.07) is 10.7. The maximum Gasteiger partial charge on any atom is 0.326 e. The zero-order valence-electron chi connectivity index (χ0n) is 11.4. The summed E-state index contributed by atoms with van der Waals surface area (Å²) in [5, 5.41) is 6.76. The number of amides is 3. The number of benzene rings is 1. The Bertz CT molecular complexity index is 725. The van der Waals surface area contributed by atoms with Gasteiger partial charge in [-0.25, -0.2) is 4.79 Å². The van der Waals surface area contributed by atoms with E-state index in [2.05, 4.69) is 10.6 Å². The number of nitrogens with one attached hydrogen (secondary N) is 2. The average Bonchev–Trinajstić information content (AvgIpc) is 3.21. The van der Waals surface area contributed by atoms with E-state index in [9.17, 15) is 9.59 Å². The van der Waals surface area contributed by atoms with Gasteiger partial charge in [0.2, 0.25) is 12.6 Å². The highest BCUT2D eigenvalue weighted by Crippen LogP contribution is 2.26. The van der Waals surface area contributed by atoms with E-state index in [1.165, 1.54) is 6.26 Å². The van der Waals surface area contributed by atoms with Crippen molar-refractivity contribution in [1.29, 1.82) is 0 Å². The summed E-state index contributed by atoms with van der Waals surface area (Å²) in [7, 11) is 0. The zero-order valence-corrected chi connectivity index (χ0v) is 12.2. The maximum atomic E-state index is 11.8. The minimum absolute atomic E-state index is 0.0206. The largest absolute Gasteiger partial charge is 0.461 e. The Kier molecular flexibility index (Phi) is 4.06. The summed E-state index contributed by atoms with van der Waals surface area (Å²) in [6.45, 7) is -0.0206. The number of ether oxygens (including phenoxy) is 2. The van der Waals surface area contributed by atoms with Crippen LogP contribution in [0.15, 0.2) is 53.8 Å². The lowest BCUT2D eigenvalue weighted by Crippen LogP contribution is -2.35. The van der Waals surface area contributed by atoms with Gasteiger partial charge in [0, 0.05) is 10.6 Å². The third-order valence-corrected chi connectivity index (χ3v) is 3.77. The SMILES string of the molecule is O=C(NC(=O)C1=COCO1)Nc1cccc(-c2cccs2)c1. The predicted molar refractivity (Wildman–Crippen MR) is 82.0 cm³/mol. The van der Waals surface area contributed by atoms with Crippen LogP contribution in [0.25, 0.3) is 10.4 Å². The van der Waals surface area contributed by atoms with Crippen molar-refractivity contribution in [2.24, 2.45) is 0 Å². The summed E-state index contributed by atoms with van der Waals surface area (Å²) in [5.74, 6) is -0.674. The molecule has 0 unspecified atom stereocenters. The van der Waals surface area contributed by atoms with Gasteiger partial charge in [0.15, 0.2) is 0 Å². The summed E-state index contributed by atoms with van der Waals surface area (Å²) < 4.78 is 9.64. The van der Waals surface area contributed by atoms with Gasteiger partial charge in [-0.1, -0.05) is 18.2 Å². The maximum absolute atomic E-state index is 11.8. The Morgan fingerprint density at radius 2 is 2.09 bits per heavy atom. The number of carbonyl (C=O) groups is 2. The number of anilines is 1. The second-order valence-electron chi connectivity index (χ2n) is 4.38. The first kappa shape index (κ1) is 14.2. The van der Waals surface area contributed by atoms with Crippen molar-refractivity contribution in [2.45, 2.75) is 0 Å². The monoisotopic (exact) mass is 316 g/mol. The molecule has 2 heterocycles. The molecule has 112 valence electrons. The van der Waals surface area contributed by atoms with Gasteiger partial charge in [-0.2, -0.15) is 0 Å². The molecule has 1 aromatic heterocycles. The van der Waals surface area contributed by atoms with Gasteiger partial charge in [-0.05, 0) is 29.1 Å². The highest BCUT2D eigenvalue weighted by atomic mass is 32.1. The first-order valence-electron chi connectivity index (χ1n) is 6.43. The predicted octanol–water partition coefficient (Wildman–Crippen LogP) is 2.91. The summed E-state index contributed by atoms with van der Waals surface area (Å²) in [6.07, 6.45) is 1.17. The fourth-order valence-electron chi connectivity index (χ4n) is 1.88. The van der Waals surface area contributed by atoms with Crippen molar-refractivity contribution in [2.75, 3.05) is 12.1 Å². The Hall–Kier alpha value is -2.80. The Balaban J connectivity index is 1.64. The van der Waals surface area contributed by atoms with Crippen LogP contribution in [0.2, 0.25) is 0 Å². The third-order valence-electron chi connectivity index (χ3n) is 2.85. The molecule has 0 spiro atoms. The molecule has 0 saturated carbocycles. The number of urea groups is 1. The molecule has 22 heavy (non-hydrogen) atoms. The molecule has 0 fully saturated rings. The quantitative estimate of drug-likeness (QED) is 0.913. The molecule has 3 rings (SSSR count). The number of thiophene rings is 1. The van der Waals surface area contributed by atoms with Crippen LogP contribution in [0.1, 0.15) is 0 Å². The molecular weight excluding hydrogens is 304 g/mol. The summed E-state index contributed by atoms with van der Waals surface area (Å²) >= 11 is 1.61. The second kappa shape index (κ2) is 6.31. The molecule has 7 heteroatoms. The highest BCUT2D eigenvalue weighted by Gasteiger charge is 2.18. The first-order valence-corrected chi connectivity index (χ1v) is 7.31. The molecule has 3 amide bonds. The lowest BCUT2D eigenvalue weighted by Gasteiger charge is -2.07. The Morgan fingerprint density at radius 3 is 2.82 bits per heavy atom. The van der Waals surface area contributed by atoms with Crippen molar-refractivity contribution >= 4 is 29.0 Å². The zero-order chi connectivity index (χ0) is 15.4. The molecule has 1 aromatic carbocycles. The van der Waals surface area contributed by atoms with Crippen molar-refractivity contribution < 1.29 is 19.1 Å². The van der Waals surface area contributed by atoms with Gasteiger partial charge in [0.05, 0.1) is 0 Å². The molecule has 1 aliphatic rings. The van der Waals surface area contributed by atoms with Crippen molar-refractivity contribution in [3.63, 3.8) is 0 Å². The van der Waals surface area contributed by atoms with Gasteiger partial charge < -0.3 is 14.8 Å². The molecule has 2 aromatic rings. The van der Waals surface area contributed by atoms with E-state index in [0.29, 0.717) is 5.69 Å². The molecule has 0 bridgehead atoms. The molecule has 0 radical (unpaired) electrons.